The lowest BCUT2D eigenvalue weighted by Crippen LogP contribution is -2.14. The van der Waals surface area contributed by atoms with Crippen molar-refractivity contribution in [2.45, 2.75) is 20.3 Å². The summed E-state index contributed by atoms with van der Waals surface area (Å²) in [7, 11) is 0. The van der Waals surface area contributed by atoms with E-state index in [0.717, 1.165) is 22.0 Å². The number of benzene rings is 2. The summed E-state index contributed by atoms with van der Waals surface area (Å²) in [6, 6.07) is 16.5. The average molecular weight is 477 g/mol. The van der Waals surface area contributed by atoms with Crippen molar-refractivity contribution in [1.82, 2.24) is 14.8 Å². The number of nitrogens with one attached hydrogen (secondary N) is 1. The van der Waals surface area contributed by atoms with Gasteiger partial charge in [0.25, 0.3) is 0 Å². The predicted octanol–water partition coefficient (Wildman–Crippen LogP) is 4.75. The lowest BCUT2D eigenvalue weighted by molar-refractivity contribution is -0.115. The van der Waals surface area contributed by atoms with Crippen molar-refractivity contribution < 1.29 is 19.1 Å². The number of carbonyl (C=O) groups is 2. The molecule has 0 aliphatic carbocycles. The molecule has 1 amide bonds. The van der Waals surface area contributed by atoms with Crippen LogP contribution >= 0.6 is 11.3 Å². The number of hydrogen-bond donors (Lipinski definition) is 1. The van der Waals surface area contributed by atoms with Gasteiger partial charge in [-0.15, -0.1) is 11.3 Å². The molecule has 0 bridgehead atoms. The van der Waals surface area contributed by atoms with Gasteiger partial charge >= 0.3 is 5.97 Å². The monoisotopic (exact) mass is 476 g/mol. The lowest BCUT2D eigenvalue weighted by Gasteiger charge is -2.06. The summed E-state index contributed by atoms with van der Waals surface area (Å²) < 4.78 is 12.0. The molecule has 0 radical (unpaired) electrons. The van der Waals surface area contributed by atoms with Gasteiger partial charge in [-0.3, -0.25) is 4.79 Å². The van der Waals surface area contributed by atoms with Gasteiger partial charge in [0.1, 0.15) is 10.8 Å². The number of rotatable bonds is 9. The standard InChI is InChI=1S/C25H24N4O4S/c1-3-32-21-11-5-17(6-12-21)24-27-19(16-34-24)15-23(30)26-18-7-9-20(10-8-18)29-14-13-22(28-29)25(31)33-4-2/h5-14,16H,3-4,15H2,1-2H3,(H,26,30). The molecule has 2 heterocycles. The summed E-state index contributed by atoms with van der Waals surface area (Å²) in [6.07, 6.45) is 1.86. The topological polar surface area (TPSA) is 95.3 Å². The van der Waals surface area contributed by atoms with Crippen LogP contribution in [0.4, 0.5) is 5.69 Å². The Labute approximate surface area is 201 Å². The first-order valence-electron chi connectivity index (χ1n) is 10.9. The van der Waals surface area contributed by atoms with Crippen molar-refractivity contribution in [2.24, 2.45) is 0 Å². The fourth-order valence-electron chi connectivity index (χ4n) is 3.23. The zero-order valence-corrected chi connectivity index (χ0v) is 19.7. The van der Waals surface area contributed by atoms with E-state index >= 15 is 0 Å². The van der Waals surface area contributed by atoms with Crippen molar-refractivity contribution in [3.8, 4) is 22.0 Å². The molecule has 9 heteroatoms. The maximum absolute atomic E-state index is 12.5. The normalized spacial score (nSPS) is 10.6. The third-order valence-electron chi connectivity index (χ3n) is 4.79. The van der Waals surface area contributed by atoms with Gasteiger partial charge in [-0.2, -0.15) is 5.10 Å². The quantitative estimate of drug-likeness (QED) is 0.350. The zero-order chi connectivity index (χ0) is 23.9. The molecule has 4 rings (SSSR count). The second-order valence-corrected chi connectivity index (χ2v) is 8.10. The fraction of sp³-hybridized carbons (Fsp3) is 0.200. The second-order valence-electron chi connectivity index (χ2n) is 7.24. The van der Waals surface area contributed by atoms with Crippen LogP contribution < -0.4 is 10.1 Å². The first-order chi connectivity index (χ1) is 16.6. The van der Waals surface area contributed by atoms with Crippen LogP contribution in [0.2, 0.25) is 0 Å². The minimum absolute atomic E-state index is 0.153. The highest BCUT2D eigenvalue weighted by Gasteiger charge is 2.12. The number of carbonyl (C=O) groups excluding carboxylic acids is 2. The van der Waals surface area contributed by atoms with Gasteiger partial charge in [0, 0.05) is 22.8 Å². The van der Waals surface area contributed by atoms with E-state index in [-0.39, 0.29) is 18.0 Å². The lowest BCUT2D eigenvalue weighted by atomic mass is 10.2. The Morgan fingerprint density at radius 2 is 1.76 bits per heavy atom. The van der Waals surface area contributed by atoms with E-state index in [4.69, 9.17) is 9.47 Å². The third-order valence-corrected chi connectivity index (χ3v) is 5.74. The molecule has 2 aromatic carbocycles. The van der Waals surface area contributed by atoms with E-state index < -0.39 is 5.97 Å². The van der Waals surface area contributed by atoms with Gasteiger partial charge in [-0.05, 0) is 68.4 Å². The summed E-state index contributed by atoms with van der Waals surface area (Å²) in [6.45, 7) is 4.61. The predicted molar refractivity (Wildman–Crippen MR) is 131 cm³/mol. The van der Waals surface area contributed by atoms with Gasteiger partial charge in [-0.1, -0.05) is 0 Å². The second kappa shape index (κ2) is 10.8. The number of ether oxygens (including phenoxy) is 2. The minimum atomic E-state index is -0.460. The molecule has 1 N–H and O–H groups in total. The summed E-state index contributed by atoms with van der Waals surface area (Å²) in [5.74, 6) is 0.207. The molecule has 174 valence electrons. The van der Waals surface area contributed by atoms with Crippen molar-refractivity contribution in [3.05, 3.63) is 77.6 Å². The van der Waals surface area contributed by atoms with Crippen LogP contribution in [0.1, 0.15) is 30.0 Å². The molecule has 34 heavy (non-hydrogen) atoms. The summed E-state index contributed by atoms with van der Waals surface area (Å²) in [5.41, 5.74) is 3.36. The first-order valence-corrected chi connectivity index (χ1v) is 11.7. The van der Waals surface area contributed by atoms with E-state index in [2.05, 4.69) is 15.4 Å². The van der Waals surface area contributed by atoms with Crippen LogP contribution in [-0.2, 0) is 16.0 Å². The number of amides is 1. The highest BCUT2D eigenvalue weighted by atomic mass is 32.1. The number of aromatic nitrogens is 3. The number of esters is 1. The van der Waals surface area contributed by atoms with Gasteiger partial charge in [-0.25, -0.2) is 14.5 Å². The molecule has 0 spiro atoms. The number of hydrogen-bond acceptors (Lipinski definition) is 7. The van der Waals surface area contributed by atoms with Crippen molar-refractivity contribution in [2.75, 3.05) is 18.5 Å². The molecule has 2 aromatic heterocycles. The maximum Gasteiger partial charge on any atom is 0.358 e. The molecule has 0 saturated heterocycles. The highest BCUT2D eigenvalue weighted by Crippen LogP contribution is 2.26. The van der Waals surface area contributed by atoms with Crippen LogP contribution in [0.5, 0.6) is 5.75 Å². The van der Waals surface area contributed by atoms with Crippen LogP contribution in [0, 0.1) is 0 Å². The van der Waals surface area contributed by atoms with E-state index in [1.54, 1.807) is 36.0 Å². The third kappa shape index (κ3) is 5.68. The van der Waals surface area contributed by atoms with E-state index in [9.17, 15) is 9.59 Å². The van der Waals surface area contributed by atoms with Crippen LogP contribution in [0.25, 0.3) is 16.3 Å². The summed E-state index contributed by atoms with van der Waals surface area (Å²) in [5, 5.41) is 9.87. The van der Waals surface area contributed by atoms with Crippen LogP contribution in [-0.4, -0.2) is 39.9 Å². The Bertz CT molecular complexity index is 1260. The Kier molecular flexibility index (Phi) is 7.34. The Morgan fingerprint density at radius 3 is 2.47 bits per heavy atom. The Morgan fingerprint density at radius 1 is 1.00 bits per heavy atom. The van der Waals surface area contributed by atoms with Gasteiger partial charge in [0.05, 0.1) is 31.0 Å². The molecule has 4 aromatic rings. The van der Waals surface area contributed by atoms with Gasteiger partial charge in [0.15, 0.2) is 5.69 Å². The number of thiazole rings is 1. The summed E-state index contributed by atoms with van der Waals surface area (Å²) >= 11 is 1.50. The molecule has 0 fully saturated rings. The molecule has 0 unspecified atom stereocenters. The van der Waals surface area contributed by atoms with E-state index in [0.29, 0.717) is 24.6 Å². The molecule has 0 aliphatic heterocycles. The van der Waals surface area contributed by atoms with Crippen LogP contribution in [0.15, 0.2) is 66.2 Å². The SMILES string of the molecule is CCOC(=O)c1ccn(-c2ccc(NC(=O)Cc3csc(-c4ccc(OCC)cc4)n3)cc2)n1. The van der Waals surface area contributed by atoms with E-state index in [1.807, 2.05) is 48.7 Å². The smallest absolute Gasteiger partial charge is 0.358 e. The van der Waals surface area contributed by atoms with E-state index in [1.165, 1.54) is 11.3 Å². The van der Waals surface area contributed by atoms with Crippen molar-refractivity contribution in [3.63, 3.8) is 0 Å². The summed E-state index contributed by atoms with van der Waals surface area (Å²) in [4.78, 5) is 28.9. The van der Waals surface area contributed by atoms with Gasteiger partial charge < -0.3 is 14.8 Å². The number of nitrogens with zero attached hydrogens (tertiary/aromatic N) is 3. The molecule has 8 nitrogen and oxygen atoms in total. The molecule has 0 saturated carbocycles. The largest absolute Gasteiger partial charge is 0.494 e. The first kappa shape index (κ1) is 23.2. The Hall–Kier alpha value is -3.98. The average Bonchev–Trinajstić information content (AvgIpc) is 3.51. The van der Waals surface area contributed by atoms with Gasteiger partial charge in [0.2, 0.25) is 5.91 Å². The van der Waals surface area contributed by atoms with Crippen molar-refractivity contribution >= 4 is 28.9 Å². The zero-order valence-electron chi connectivity index (χ0n) is 18.9. The minimum Gasteiger partial charge on any atom is -0.494 e. The fourth-order valence-corrected chi connectivity index (χ4v) is 4.06. The molecule has 0 aliphatic rings. The van der Waals surface area contributed by atoms with Crippen LogP contribution in [0.3, 0.4) is 0 Å². The molecule has 0 atom stereocenters. The molecular formula is C25H24N4O4S. The highest BCUT2D eigenvalue weighted by molar-refractivity contribution is 7.13. The number of anilines is 1. The van der Waals surface area contributed by atoms with Crippen molar-refractivity contribution in [1.29, 1.82) is 0 Å². The maximum atomic E-state index is 12.5. The Balaban J connectivity index is 1.34. The molecular weight excluding hydrogens is 452 g/mol.